The van der Waals surface area contributed by atoms with Crippen LogP contribution in [0.5, 0.6) is 5.75 Å². The number of rotatable bonds is 10. The van der Waals surface area contributed by atoms with Gasteiger partial charge >= 0.3 is 0 Å². The van der Waals surface area contributed by atoms with E-state index in [9.17, 15) is 9.59 Å². The number of Topliss-reactive ketones (excluding diaryl/α,β-unsaturated/α-hetero) is 1. The van der Waals surface area contributed by atoms with Crippen LogP contribution in [0.3, 0.4) is 0 Å². The Hall–Kier alpha value is -3.65. The topological polar surface area (TPSA) is 87.9 Å². The number of aryl methyl sites for hydroxylation is 2. The van der Waals surface area contributed by atoms with Crippen LogP contribution in [0, 0.1) is 13.8 Å². The van der Waals surface area contributed by atoms with Gasteiger partial charge in [0.05, 0.1) is 25.6 Å². The number of carbonyl (C=O) groups excluding carboxylic acids is 2. The second-order valence-corrected chi connectivity index (χ2v) is 9.16. The van der Waals surface area contributed by atoms with Crippen LogP contribution in [0.1, 0.15) is 23.4 Å². The first-order valence-corrected chi connectivity index (χ1v) is 12.3. The van der Waals surface area contributed by atoms with Crippen LogP contribution < -0.4 is 15.0 Å². The number of ketones is 1. The maximum Gasteiger partial charge on any atom is 0.227 e. The van der Waals surface area contributed by atoms with E-state index in [-0.39, 0.29) is 24.5 Å². The van der Waals surface area contributed by atoms with Crippen molar-refractivity contribution in [1.29, 1.82) is 0 Å². The second-order valence-electron chi connectivity index (χ2n) is 9.16. The van der Waals surface area contributed by atoms with Crippen molar-refractivity contribution in [2.75, 3.05) is 51.3 Å². The molecule has 3 aromatic rings. The van der Waals surface area contributed by atoms with E-state index in [1.807, 2.05) is 24.3 Å². The third-order valence-electron chi connectivity index (χ3n) is 6.44. The Morgan fingerprint density at radius 2 is 1.81 bits per heavy atom. The molecule has 8 nitrogen and oxygen atoms in total. The van der Waals surface area contributed by atoms with Crippen molar-refractivity contribution < 1.29 is 18.7 Å². The van der Waals surface area contributed by atoms with Gasteiger partial charge in [-0.3, -0.25) is 14.5 Å². The van der Waals surface area contributed by atoms with Gasteiger partial charge in [-0.1, -0.05) is 12.1 Å². The number of carbonyl (C=O) groups is 2. The van der Waals surface area contributed by atoms with Gasteiger partial charge in [-0.25, -0.2) is 4.98 Å². The first-order chi connectivity index (χ1) is 17.4. The minimum absolute atomic E-state index is 0.0693. The molecule has 1 aromatic heterocycles. The molecule has 1 aliphatic rings. The third-order valence-corrected chi connectivity index (χ3v) is 6.44. The number of ether oxygens (including phenoxy) is 1. The summed E-state index contributed by atoms with van der Waals surface area (Å²) in [6, 6.07) is 15.9. The highest BCUT2D eigenvalue weighted by Gasteiger charge is 2.19. The number of benzene rings is 2. The summed E-state index contributed by atoms with van der Waals surface area (Å²) in [6.45, 7) is 9.02. The standard InChI is InChI=1S/C28H34N4O4/c1-20-5-4-6-23(17-20)32-15-13-31(14-16-32)12-11-29-27(34)19-24(33)18-26-21(2)36-28(30-26)22-7-9-25(35-3)10-8-22/h4-10,17H,11-16,18-19H2,1-3H3,(H,29,34). The molecular weight excluding hydrogens is 456 g/mol. The molecule has 0 bridgehead atoms. The Balaban J connectivity index is 1.17. The maximum absolute atomic E-state index is 12.5. The van der Waals surface area contributed by atoms with E-state index in [4.69, 9.17) is 9.15 Å². The van der Waals surface area contributed by atoms with Crippen LogP contribution in [0.2, 0.25) is 0 Å². The van der Waals surface area contributed by atoms with E-state index in [0.717, 1.165) is 44.0 Å². The van der Waals surface area contributed by atoms with Gasteiger partial charge in [-0.15, -0.1) is 0 Å². The largest absolute Gasteiger partial charge is 0.497 e. The molecule has 1 amide bonds. The van der Waals surface area contributed by atoms with Crippen LogP contribution in [0.15, 0.2) is 52.9 Å². The number of amides is 1. The van der Waals surface area contributed by atoms with Gasteiger partial charge in [0.25, 0.3) is 0 Å². The number of nitrogens with one attached hydrogen (secondary N) is 1. The lowest BCUT2D eigenvalue weighted by Gasteiger charge is -2.36. The lowest BCUT2D eigenvalue weighted by Crippen LogP contribution is -2.48. The van der Waals surface area contributed by atoms with Gasteiger partial charge in [0.1, 0.15) is 17.3 Å². The summed E-state index contributed by atoms with van der Waals surface area (Å²) in [5.74, 6) is 1.34. The van der Waals surface area contributed by atoms with E-state index < -0.39 is 0 Å². The number of nitrogens with zero attached hydrogens (tertiary/aromatic N) is 3. The Kier molecular flexibility index (Phi) is 8.38. The van der Waals surface area contributed by atoms with E-state index in [1.165, 1.54) is 11.3 Å². The molecule has 1 aliphatic heterocycles. The molecule has 36 heavy (non-hydrogen) atoms. The lowest BCUT2D eigenvalue weighted by atomic mass is 10.1. The van der Waals surface area contributed by atoms with E-state index >= 15 is 0 Å². The Morgan fingerprint density at radius 3 is 2.50 bits per heavy atom. The average Bonchev–Trinajstić information content (AvgIpc) is 3.24. The molecule has 0 unspecified atom stereocenters. The predicted octanol–water partition coefficient (Wildman–Crippen LogP) is 3.41. The molecule has 0 atom stereocenters. The fourth-order valence-corrected chi connectivity index (χ4v) is 4.35. The molecule has 2 heterocycles. The molecule has 4 rings (SSSR count). The highest BCUT2D eigenvalue weighted by Crippen LogP contribution is 2.24. The van der Waals surface area contributed by atoms with Crippen molar-refractivity contribution >= 4 is 17.4 Å². The van der Waals surface area contributed by atoms with Gasteiger partial charge in [-0.05, 0) is 55.8 Å². The number of hydrogen-bond donors (Lipinski definition) is 1. The predicted molar refractivity (Wildman–Crippen MR) is 139 cm³/mol. The zero-order valence-corrected chi connectivity index (χ0v) is 21.3. The summed E-state index contributed by atoms with van der Waals surface area (Å²) >= 11 is 0. The molecule has 1 fully saturated rings. The van der Waals surface area contributed by atoms with Gasteiger partial charge in [-0.2, -0.15) is 0 Å². The zero-order valence-electron chi connectivity index (χ0n) is 21.3. The summed E-state index contributed by atoms with van der Waals surface area (Å²) in [5.41, 5.74) is 3.89. The van der Waals surface area contributed by atoms with Crippen molar-refractivity contribution in [2.45, 2.75) is 26.7 Å². The molecule has 1 N–H and O–H groups in total. The highest BCUT2D eigenvalue weighted by molar-refractivity contribution is 5.98. The zero-order chi connectivity index (χ0) is 25.5. The summed E-state index contributed by atoms with van der Waals surface area (Å²) in [5, 5.41) is 2.88. The van der Waals surface area contributed by atoms with Crippen LogP contribution in [0.4, 0.5) is 5.69 Å². The summed E-state index contributed by atoms with van der Waals surface area (Å²) in [4.78, 5) is 34.0. The van der Waals surface area contributed by atoms with Crippen molar-refractivity contribution in [3.63, 3.8) is 0 Å². The van der Waals surface area contributed by atoms with Gasteiger partial charge in [0.2, 0.25) is 11.8 Å². The molecule has 0 saturated carbocycles. The first-order valence-electron chi connectivity index (χ1n) is 12.3. The van der Waals surface area contributed by atoms with Crippen LogP contribution in [-0.4, -0.2) is 68.0 Å². The first kappa shape index (κ1) is 25.4. The molecule has 2 aromatic carbocycles. The fraction of sp³-hybridized carbons (Fsp3) is 0.393. The lowest BCUT2D eigenvalue weighted by molar-refractivity contribution is -0.127. The second kappa shape index (κ2) is 11.9. The Labute approximate surface area is 212 Å². The molecule has 8 heteroatoms. The van der Waals surface area contributed by atoms with Crippen molar-refractivity contribution in [1.82, 2.24) is 15.2 Å². The number of aromatic nitrogens is 1. The third kappa shape index (κ3) is 6.73. The number of methoxy groups -OCH3 is 1. The summed E-state index contributed by atoms with van der Waals surface area (Å²) < 4.78 is 10.9. The molecular formula is C28H34N4O4. The smallest absolute Gasteiger partial charge is 0.227 e. The molecule has 0 spiro atoms. The van der Waals surface area contributed by atoms with Gasteiger partial charge in [0.15, 0.2) is 0 Å². The van der Waals surface area contributed by atoms with Crippen molar-refractivity contribution in [3.8, 4) is 17.2 Å². The van der Waals surface area contributed by atoms with E-state index in [1.54, 1.807) is 14.0 Å². The maximum atomic E-state index is 12.5. The number of anilines is 1. The highest BCUT2D eigenvalue weighted by atomic mass is 16.5. The average molecular weight is 491 g/mol. The number of oxazole rings is 1. The number of hydrogen-bond acceptors (Lipinski definition) is 7. The van der Waals surface area contributed by atoms with Crippen molar-refractivity contribution in [3.05, 3.63) is 65.5 Å². The fourth-order valence-electron chi connectivity index (χ4n) is 4.35. The van der Waals surface area contributed by atoms with E-state index in [0.29, 0.717) is 23.9 Å². The minimum atomic E-state index is -0.255. The van der Waals surface area contributed by atoms with Crippen LogP contribution in [-0.2, 0) is 16.0 Å². The Morgan fingerprint density at radius 1 is 1.06 bits per heavy atom. The summed E-state index contributed by atoms with van der Waals surface area (Å²) in [7, 11) is 1.61. The molecule has 0 radical (unpaired) electrons. The molecule has 1 saturated heterocycles. The quantitative estimate of drug-likeness (QED) is 0.436. The summed E-state index contributed by atoms with van der Waals surface area (Å²) in [6.07, 6.45) is -0.0921. The molecule has 0 aliphatic carbocycles. The van der Waals surface area contributed by atoms with Crippen LogP contribution in [0.25, 0.3) is 11.5 Å². The van der Waals surface area contributed by atoms with Crippen molar-refractivity contribution in [2.24, 2.45) is 0 Å². The number of piperazine rings is 1. The van der Waals surface area contributed by atoms with Gasteiger partial charge < -0.3 is 19.4 Å². The normalized spacial score (nSPS) is 14.0. The minimum Gasteiger partial charge on any atom is -0.497 e. The monoisotopic (exact) mass is 490 g/mol. The van der Waals surface area contributed by atoms with E-state index in [2.05, 4.69) is 51.3 Å². The molecule has 190 valence electrons. The SMILES string of the molecule is COc1ccc(-c2nc(CC(=O)CC(=O)NCCN3CCN(c4cccc(C)c4)CC3)c(C)o2)cc1. The Bertz CT molecular complexity index is 1180. The van der Waals surface area contributed by atoms with Gasteiger partial charge in [0, 0.05) is 50.5 Å². The van der Waals surface area contributed by atoms with Crippen LogP contribution >= 0.6 is 0 Å².